The largest absolute Gasteiger partial charge is 0.0958 e. The SMILES string of the molecule is C=C1C=CC(C(C)C)CC1.CC1=CCC2CC1C2(C)C. The molecule has 0 nitrogen and oxygen atoms in total. The van der Waals surface area contributed by atoms with E-state index in [9.17, 15) is 0 Å². The van der Waals surface area contributed by atoms with Gasteiger partial charge in [0.05, 0.1) is 0 Å². The second-order valence-electron chi connectivity index (χ2n) is 7.95. The Morgan fingerprint density at radius 3 is 2.35 bits per heavy atom. The van der Waals surface area contributed by atoms with E-state index in [2.05, 4.69) is 59.4 Å². The van der Waals surface area contributed by atoms with E-state index in [1.54, 1.807) is 5.57 Å². The van der Waals surface area contributed by atoms with Crippen molar-refractivity contribution < 1.29 is 0 Å². The molecule has 3 unspecified atom stereocenters. The Hall–Kier alpha value is -0.780. The molecule has 3 atom stereocenters. The van der Waals surface area contributed by atoms with Crippen LogP contribution in [0.5, 0.6) is 0 Å². The minimum Gasteiger partial charge on any atom is -0.0958 e. The lowest BCUT2D eigenvalue weighted by atomic mass is 9.49. The van der Waals surface area contributed by atoms with E-state index in [4.69, 9.17) is 0 Å². The van der Waals surface area contributed by atoms with Crippen LogP contribution in [0.15, 0.2) is 36.0 Å². The van der Waals surface area contributed by atoms with Crippen LogP contribution in [-0.4, -0.2) is 0 Å². The molecular weight excluding hydrogens is 240 g/mol. The summed E-state index contributed by atoms with van der Waals surface area (Å²) in [5.74, 6) is 3.52. The van der Waals surface area contributed by atoms with Gasteiger partial charge in [-0.15, -0.1) is 0 Å². The highest BCUT2D eigenvalue weighted by Crippen LogP contribution is 2.58. The highest BCUT2D eigenvalue weighted by molar-refractivity contribution is 5.21. The van der Waals surface area contributed by atoms with Gasteiger partial charge in [0.25, 0.3) is 0 Å². The van der Waals surface area contributed by atoms with Gasteiger partial charge >= 0.3 is 0 Å². The zero-order valence-corrected chi connectivity index (χ0v) is 14.1. The standard InChI is InChI=1S/2C10H16/c1-7-4-5-8-6-9(7)10(8,2)3;1-8(2)10-6-4-9(3)5-7-10/h4,8-9H,5-6H2,1-3H3;4,6,8,10H,3,5,7H2,1-2H3. The van der Waals surface area contributed by atoms with Gasteiger partial charge in [0, 0.05) is 0 Å². The molecule has 0 radical (unpaired) electrons. The Labute approximate surface area is 126 Å². The van der Waals surface area contributed by atoms with Gasteiger partial charge in [-0.2, -0.15) is 0 Å². The molecule has 0 amide bonds. The van der Waals surface area contributed by atoms with Gasteiger partial charge in [0.2, 0.25) is 0 Å². The van der Waals surface area contributed by atoms with E-state index in [0.29, 0.717) is 5.41 Å². The lowest BCUT2D eigenvalue weighted by Gasteiger charge is -2.56. The Morgan fingerprint density at radius 1 is 1.30 bits per heavy atom. The summed E-state index contributed by atoms with van der Waals surface area (Å²) in [6.45, 7) is 15.6. The van der Waals surface area contributed by atoms with Gasteiger partial charge in [-0.1, -0.05) is 63.6 Å². The van der Waals surface area contributed by atoms with Crippen molar-refractivity contribution in [2.75, 3.05) is 0 Å². The molecule has 20 heavy (non-hydrogen) atoms. The molecule has 4 rings (SSSR count). The molecule has 0 aliphatic heterocycles. The molecule has 1 saturated carbocycles. The monoisotopic (exact) mass is 272 g/mol. The Morgan fingerprint density at radius 2 is 2.00 bits per heavy atom. The van der Waals surface area contributed by atoms with Crippen LogP contribution in [0.2, 0.25) is 0 Å². The van der Waals surface area contributed by atoms with Crippen LogP contribution in [0.25, 0.3) is 0 Å². The highest BCUT2D eigenvalue weighted by atomic mass is 14.5. The summed E-state index contributed by atoms with van der Waals surface area (Å²) in [5, 5.41) is 0. The molecule has 0 heteroatoms. The van der Waals surface area contributed by atoms with Crippen molar-refractivity contribution >= 4 is 0 Å². The fourth-order valence-electron chi connectivity index (χ4n) is 4.01. The van der Waals surface area contributed by atoms with Crippen molar-refractivity contribution in [3.63, 3.8) is 0 Å². The molecule has 0 saturated heterocycles. The highest BCUT2D eigenvalue weighted by Gasteiger charge is 2.49. The fourth-order valence-corrected chi connectivity index (χ4v) is 4.01. The number of hydrogen-bond acceptors (Lipinski definition) is 0. The van der Waals surface area contributed by atoms with Gasteiger partial charge in [-0.05, 0) is 61.7 Å². The van der Waals surface area contributed by atoms with Crippen molar-refractivity contribution in [2.24, 2.45) is 29.1 Å². The maximum Gasteiger partial charge on any atom is -0.0149 e. The van der Waals surface area contributed by atoms with Crippen molar-refractivity contribution in [2.45, 2.75) is 60.3 Å². The van der Waals surface area contributed by atoms with Crippen molar-refractivity contribution in [1.29, 1.82) is 0 Å². The quantitative estimate of drug-likeness (QED) is 0.501. The Balaban J connectivity index is 0.000000147. The molecule has 0 aromatic carbocycles. The maximum absolute atomic E-state index is 3.92. The van der Waals surface area contributed by atoms with Crippen LogP contribution in [0.1, 0.15) is 60.3 Å². The molecule has 1 fully saturated rings. The molecule has 2 bridgehead atoms. The van der Waals surface area contributed by atoms with Crippen molar-refractivity contribution in [1.82, 2.24) is 0 Å². The molecule has 4 aliphatic carbocycles. The van der Waals surface area contributed by atoms with Crippen molar-refractivity contribution in [3.05, 3.63) is 36.0 Å². The lowest BCUT2D eigenvalue weighted by molar-refractivity contribution is -0.00579. The summed E-state index contributed by atoms with van der Waals surface area (Å²) in [4.78, 5) is 0. The minimum absolute atomic E-state index is 0.638. The molecule has 4 aliphatic rings. The van der Waals surface area contributed by atoms with Crippen LogP contribution in [0, 0.1) is 29.1 Å². The maximum atomic E-state index is 3.92. The summed E-state index contributed by atoms with van der Waals surface area (Å²) in [6, 6.07) is 0. The molecule has 0 heterocycles. The molecule has 0 aromatic rings. The van der Waals surface area contributed by atoms with Crippen LogP contribution >= 0.6 is 0 Å². The first-order valence-corrected chi connectivity index (χ1v) is 8.35. The number of hydrogen-bond donors (Lipinski definition) is 0. The first-order chi connectivity index (χ1) is 9.32. The van der Waals surface area contributed by atoms with Crippen molar-refractivity contribution in [3.8, 4) is 0 Å². The zero-order valence-electron chi connectivity index (χ0n) is 14.1. The summed E-state index contributed by atoms with van der Waals surface area (Å²) in [7, 11) is 0. The first kappa shape index (κ1) is 15.6. The second kappa shape index (κ2) is 5.92. The molecule has 0 aromatic heterocycles. The van der Waals surface area contributed by atoms with E-state index in [0.717, 1.165) is 23.7 Å². The van der Waals surface area contributed by atoms with Gasteiger partial charge in [0.1, 0.15) is 0 Å². The third-order valence-electron chi connectivity index (χ3n) is 5.98. The lowest BCUT2D eigenvalue weighted by Crippen LogP contribution is -2.47. The zero-order chi connectivity index (χ0) is 14.9. The fraction of sp³-hybridized carbons (Fsp3) is 0.700. The van der Waals surface area contributed by atoms with E-state index in [-0.39, 0.29) is 0 Å². The van der Waals surface area contributed by atoms with E-state index < -0.39 is 0 Å². The number of fused-ring (bicyclic) bond motifs is 1. The normalized spacial score (nSPS) is 34.0. The van der Waals surface area contributed by atoms with Crippen LogP contribution in [0.3, 0.4) is 0 Å². The molecule has 0 N–H and O–H groups in total. The molecule has 0 spiro atoms. The van der Waals surface area contributed by atoms with E-state index in [1.165, 1.54) is 31.3 Å². The third-order valence-corrected chi connectivity index (χ3v) is 5.98. The first-order valence-electron chi connectivity index (χ1n) is 8.35. The van der Waals surface area contributed by atoms with Gasteiger partial charge in [-0.25, -0.2) is 0 Å². The Bertz CT molecular complexity index is 419. The van der Waals surface area contributed by atoms with Gasteiger partial charge in [0.15, 0.2) is 0 Å². The average molecular weight is 272 g/mol. The number of rotatable bonds is 1. The van der Waals surface area contributed by atoms with Crippen LogP contribution < -0.4 is 0 Å². The topological polar surface area (TPSA) is 0 Å². The van der Waals surface area contributed by atoms with E-state index >= 15 is 0 Å². The van der Waals surface area contributed by atoms with Gasteiger partial charge < -0.3 is 0 Å². The van der Waals surface area contributed by atoms with Crippen LogP contribution in [-0.2, 0) is 0 Å². The number of allylic oxidation sites excluding steroid dienone is 5. The second-order valence-corrected chi connectivity index (χ2v) is 7.95. The van der Waals surface area contributed by atoms with E-state index in [1.807, 2.05) is 0 Å². The predicted octanol–water partition coefficient (Wildman–Crippen LogP) is 6.16. The summed E-state index contributed by atoms with van der Waals surface area (Å²) >= 11 is 0. The molecular formula is C20H32. The smallest absolute Gasteiger partial charge is 0.0149 e. The summed E-state index contributed by atoms with van der Waals surface area (Å²) in [6.07, 6.45) is 12.2. The summed E-state index contributed by atoms with van der Waals surface area (Å²) < 4.78 is 0. The summed E-state index contributed by atoms with van der Waals surface area (Å²) in [5.41, 5.74) is 3.57. The average Bonchev–Trinajstić information content (AvgIpc) is 2.39. The van der Waals surface area contributed by atoms with Crippen LogP contribution in [0.4, 0.5) is 0 Å². The predicted molar refractivity (Wildman–Crippen MR) is 89.6 cm³/mol. The Kier molecular flexibility index (Phi) is 4.62. The minimum atomic E-state index is 0.638. The third kappa shape index (κ3) is 3.10. The molecule has 112 valence electrons. The van der Waals surface area contributed by atoms with Gasteiger partial charge in [-0.3, -0.25) is 0 Å².